The van der Waals surface area contributed by atoms with E-state index in [1.54, 1.807) is 18.3 Å². The number of aromatic nitrogens is 1. The van der Waals surface area contributed by atoms with Crippen molar-refractivity contribution in [3.8, 4) is 5.75 Å². The monoisotopic (exact) mass is 439 g/mol. The summed E-state index contributed by atoms with van der Waals surface area (Å²) in [5, 5.41) is 3.57. The second-order valence-electron chi connectivity index (χ2n) is 7.65. The number of halogens is 1. The Kier molecular flexibility index (Phi) is 6.59. The molecule has 31 heavy (non-hydrogen) atoms. The van der Waals surface area contributed by atoms with Crippen molar-refractivity contribution in [2.45, 2.75) is 26.4 Å². The minimum Gasteiger partial charge on any atom is -0.490 e. The summed E-state index contributed by atoms with van der Waals surface area (Å²) in [5.41, 5.74) is 1.68. The Morgan fingerprint density at radius 1 is 1.23 bits per heavy atom. The molecule has 1 aromatic heterocycles. The van der Waals surface area contributed by atoms with Crippen LogP contribution in [-0.2, 0) is 13.1 Å². The molecule has 0 aliphatic carbocycles. The Hall–Kier alpha value is -2.83. The Morgan fingerprint density at radius 2 is 2.03 bits per heavy atom. The summed E-state index contributed by atoms with van der Waals surface area (Å²) in [5.74, 6) is 0.252. The summed E-state index contributed by atoms with van der Waals surface area (Å²) in [6, 6.07) is 13.7. The third-order valence-corrected chi connectivity index (χ3v) is 5.92. The van der Waals surface area contributed by atoms with Crippen molar-refractivity contribution < 1.29 is 9.53 Å². The number of benzene rings is 2. The SMILES string of the molecule is CCN(CCCNC(=O)c1cn2c3c(ccc(Cl)c3c1=O)OCC2)Cc1ccccc1. The van der Waals surface area contributed by atoms with Crippen LogP contribution in [0.2, 0.25) is 5.02 Å². The van der Waals surface area contributed by atoms with E-state index in [9.17, 15) is 9.59 Å². The largest absolute Gasteiger partial charge is 0.490 e. The highest BCUT2D eigenvalue weighted by atomic mass is 35.5. The van der Waals surface area contributed by atoms with Crippen molar-refractivity contribution in [2.75, 3.05) is 26.2 Å². The fraction of sp³-hybridized carbons (Fsp3) is 0.333. The Balaban J connectivity index is 1.42. The molecule has 0 fully saturated rings. The molecule has 2 aromatic carbocycles. The molecule has 0 unspecified atom stereocenters. The molecule has 2 heterocycles. The lowest BCUT2D eigenvalue weighted by Crippen LogP contribution is -2.33. The predicted molar refractivity (Wildman–Crippen MR) is 123 cm³/mol. The quantitative estimate of drug-likeness (QED) is 0.544. The fourth-order valence-corrected chi connectivity index (χ4v) is 4.20. The zero-order valence-electron chi connectivity index (χ0n) is 17.6. The van der Waals surface area contributed by atoms with Gasteiger partial charge in [0, 0.05) is 25.8 Å². The molecule has 162 valence electrons. The van der Waals surface area contributed by atoms with Crippen LogP contribution in [0.1, 0.15) is 29.3 Å². The number of amides is 1. The van der Waals surface area contributed by atoms with E-state index in [1.807, 2.05) is 22.8 Å². The van der Waals surface area contributed by atoms with Crippen molar-refractivity contribution in [1.82, 2.24) is 14.8 Å². The Labute approximate surface area is 186 Å². The summed E-state index contributed by atoms with van der Waals surface area (Å²) in [6.45, 7) is 6.35. The van der Waals surface area contributed by atoms with Gasteiger partial charge in [-0.05, 0) is 30.7 Å². The first-order chi connectivity index (χ1) is 15.1. The van der Waals surface area contributed by atoms with Gasteiger partial charge in [-0.3, -0.25) is 14.5 Å². The number of nitrogens with one attached hydrogen (secondary N) is 1. The number of rotatable bonds is 8. The van der Waals surface area contributed by atoms with Gasteiger partial charge in [-0.1, -0.05) is 48.9 Å². The Morgan fingerprint density at radius 3 is 2.81 bits per heavy atom. The van der Waals surface area contributed by atoms with Crippen LogP contribution in [0.5, 0.6) is 5.75 Å². The van der Waals surface area contributed by atoms with E-state index >= 15 is 0 Å². The van der Waals surface area contributed by atoms with Gasteiger partial charge >= 0.3 is 0 Å². The van der Waals surface area contributed by atoms with Crippen LogP contribution in [0.25, 0.3) is 10.9 Å². The zero-order valence-corrected chi connectivity index (χ0v) is 18.3. The first-order valence-corrected chi connectivity index (χ1v) is 11.0. The molecule has 0 bridgehead atoms. The maximum absolute atomic E-state index is 13.0. The van der Waals surface area contributed by atoms with E-state index in [0.29, 0.717) is 41.4 Å². The van der Waals surface area contributed by atoms with Gasteiger partial charge in [0.15, 0.2) is 0 Å². The average molecular weight is 440 g/mol. The summed E-state index contributed by atoms with van der Waals surface area (Å²) < 4.78 is 7.52. The Bertz CT molecular complexity index is 1140. The lowest BCUT2D eigenvalue weighted by atomic mass is 10.1. The highest BCUT2D eigenvalue weighted by molar-refractivity contribution is 6.35. The molecule has 7 heteroatoms. The van der Waals surface area contributed by atoms with Crippen LogP contribution in [-0.4, -0.2) is 41.6 Å². The van der Waals surface area contributed by atoms with Gasteiger partial charge in [0.05, 0.1) is 22.5 Å². The van der Waals surface area contributed by atoms with Crippen molar-refractivity contribution >= 4 is 28.4 Å². The van der Waals surface area contributed by atoms with Gasteiger partial charge in [0.25, 0.3) is 5.91 Å². The van der Waals surface area contributed by atoms with E-state index in [4.69, 9.17) is 16.3 Å². The highest BCUT2D eigenvalue weighted by Gasteiger charge is 2.22. The molecule has 3 aromatic rings. The van der Waals surface area contributed by atoms with Crippen LogP contribution in [0.3, 0.4) is 0 Å². The maximum atomic E-state index is 13.0. The molecule has 1 aliphatic rings. The first-order valence-electron chi connectivity index (χ1n) is 10.6. The van der Waals surface area contributed by atoms with Gasteiger partial charge < -0.3 is 14.6 Å². The molecule has 0 spiro atoms. The van der Waals surface area contributed by atoms with Gasteiger partial charge in [-0.25, -0.2) is 0 Å². The summed E-state index contributed by atoms with van der Waals surface area (Å²) >= 11 is 6.30. The average Bonchev–Trinajstić information content (AvgIpc) is 2.79. The molecule has 6 nitrogen and oxygen atoms in total. The van der Waals surface area contributed by atoms with E-state index in [2.05, 4.69) is 29.3 Å². The minimum absolute atomic E-state index is 0.116. The number of ether oxygens (including phenoxy) is 1. The van der Waals surface area contributed by atoms with Gasteiger partial charge in [0.1, 0.15) is 17.9 Å². The van der Waals surface area contributed by atoms with Crippen molar-refractivity contribution in [3.63, 3.8) is 0 Å². The van der Waals surface area contributed by atoms with Crippen LogP contribution in [0.4, 0.5) is 0 Å². The smallest absolute Gasteiger partial charge is 0.256 e. The number of nitrogens with zero attached hydrogens (tertiary/aromatic N) is 2. The van der Waals surface area contributed by atoms with E-state index < -0.39 is 0 Å². The zero-order chi connectivity index (χ0) is 21.8. The molecule has 0 saturated heterocycles. The van der Waals surface area contributed by atoms with E-state index in [0.717, 1.165) is 26.1 Å². The number of pyridine rings is 1. The lowest BCUT2D eigenvalue weighted by Gasteiger charge is -2.22. The third kappa shape index (κ3) is 4.60. The van der Waals surface area contributed by atoms with Crippen LogP contribution in [0, 0.1) is 0 Å². The first kappa shape index (κ1) is 21.4. The van der Waals surface area contributed by atoms with Crippen LogP contribution in [0.15, 0.2) is 53.5 Å². The standard InChI is InChI=1S/C24H26ClN3O3/c1-2-27(15-17-7-4-3-5-8-17)12-6-11-26-24(30)18-16-28-13-14-31-20-10-9-19(25)21(22(20)28)23(18)29/h3-5,7-10,16H,2,6,11-15H2,1H3,(H,26,30). The van der Waals surface area contributed by atoms with Crippen LogP contribution >= 0.6 is 11.6 Å². The van der Waals surface area contributed by atoms with E-state index in [1.165, 1.54) is 5.56 Å². The molecule has 4 rings (SSSR count). The molecule has 0 radical (unpaired) electrons. The van der Waals surface area contributed by atoms with Gasteiger partial charge in [-0.15, -0.1) is 0 Å². The lowest BCUT2D eigenvalue weighted by molar-refractivity contribution is 0.0949. The summed E-state index contributed by atoms with van der Waals surface area (Å²) in [7, 11) is 0. The van der Waals surface area contributed by atoms with Crippen molar-refractivity contribution in [1.29, 1.82) is 0 Å². The number of carbonyl (C=O) groups is 1. The minimum atomic E-state index is -0.366. The van der Waals surface area contributed by atoms with Crippen molar-refractivity contribution in [2.24, 2.45) is 0 Å². The summed E-state index contributed by atoms with van der Waals surface area (Å²) in [4.78, 5) is 28.1. The topological polar surface area (TPSA) is 63.6 Å². The maximum Gasteiger partial charge on any atom is 0.256 e. The number of carbonyl (C=O) groups excluding carboxylic acids is 1. The number of hydrogen-bond acceptors (Lipinski definition) is 4. The van der Waals surface area contributed by atoms with E-state index in [-0.39, 0.29) is 16.9 Å². The van der Waals surface area contributed by atoms with Gasteiger partial charge in [-0.2, -0.15) is 0 Å². The van der Waals surface area contributed by atoms with Crippen LogP contribution < -0.4 is 15.5 Å². The second-order valence-corrected chi connectivity index (χ2v) is 8.05. The molecule has 1 amide bonds. The molecule has 0 atom stereocenters. The highest BCUT2D eigenvalue weighted by Crippen LogP contribution is 2.31. The summed E-state index contributed by atoms with van der Waals surface area (Å²) in [6.07, 6.45) is 2.42. The van der Waals surface area contributed by atoms with Crippen molar-refractivity contribution in [3.05, 3.63) is 75.0 Å². The second kappa shape index (κ2) is 9.54. The molecular formula is C24H26ClN3O3. The molecule has 1 aliphatic heterocycles. The predicted octanol–water partition coefficient (Wildman–Crippen LogP) is 3.69. The molecular weight excluding hydrogens is 414 g/mol. The fourth-order valence-electron chi connectivity index (χ4n) is 3.96. The molecule has 0 saturated carbocycles. The molecule has 1 N–H and O–H groups in total. The normalized spacial score (nSPS) is 12.7. The number of hydrogen-bond donors (Lipinski definition) is 1. The van der Waals surface area contributed by atoms with Gasteiger partial charge in [0.2, 0.25) is 5.43 Å². The third-order valence-electron chi connectivity index (χ3n) is 5.60.